The fourth-order valence-electron chi connectivity index (χ4n) is 2.88. The summed E-state index contributed by atoms with van der Waals surface area (Å²) >= 11 is 0. The number of hydrogen-bond acceptors (Lipinski definition) is 4. The van der Waals surface area contributed by atoms with Crippen molar-refractivity contribution in [2.24, 2.45) is 0 Å². The predicted octanol–water partition coefficient (Wildman–Crippen LogP) is 3.40. The first kappa shape index (κ1) is 16.4. The minimum Gasteiger partial charge on any atom is -0.367 e. The highest BCUT2D eigenvalue weighted by Crippen LogP contribution is 2.25. The number of hydrogen-bond donors (Lipinski definition) is 1. The van der Waals surface area contributed by atoms with Gasteiger partial charge < -0.3 is 5.32 Å². The van der Waals surface area contributed by atoms with Crippen molar-refractivity contribution in [3.8, 4) is 0 Å². The lowest BCUT2D eigenvalue weighted by Crippen LogP contribution is -2.33. The molecule has 0 radical (unpaired) electrons. The Kier molecular flexibility index (Phi) is 5.73. The van der Waals surface area contributed by atoms with E-state index in [9.17, 15) is 4.21 Å². The predicted molar refractivity (Wildman–Crippen MR) is 89.2 cm³/mol. The van der Waals surface area contributed by atoms with Crippen molar-refractivity contribution in [3.63, 3.8) is 0 Å². The van der Waals surface area contributed by atoms with Gasteiger partial charge in [0.05, 0.1) is 0 Å². The van der Waals surface area contributed by atoms with Gasteiger partial charge in [-0.2, -0.15) is 0 Å². The molecular formula is C16H27N3OS. The summed E-state index contributed by atoms with van der Waals surface area (Å²) in [5.74, 6) is 2.90. The van der Waals surface area contributed by atoms with Crippen molar-refractivity contribution >= 4 is 16.6 Å². The van der Waals surface area contributed by atoms with E-state index in [1.54, 1.807) is 0 Å². The first-order chi connectivity index (χ1) is 9.99. The fraction of sp³-hybridized carbons (Fsp3) is 0.750. The maximum Gasteiger partial charge on any atom is 0.133 e. The molecule has 1 aromatic rings. The van der Waals surface area contributed by atoms with Crippen molar-refractivity contribution in [2.75, 3.05) is 11.1 Å². The Morgan fingerprint density at radius 2 is 2.14 bits per heavy atom. The summed E-state index contributed by atoms with van der Waals surface area (Å²) in [7, 11) is -0.681. The van der Waals surface area contributed by atoms with Crippen molar-refractivity contribution in [3.05, 3.63) is 17.6 Å². The molecule has 5 heteroatoms. The summed E-state index contributed by atoms with van der Waals surface area (Å²) in [4.78, 5) is 9.10. The second kappa shape index (κ2) is 7.34. The molecule has 0 spiro atoms. The molecular weight excluding hydrogens is 282 g/mol. The largest absolute Gasteiger partial charge is 0.367 e. The Hall–Kier alpha value is -0.970. The number of aromatic nitrogens is 2. The molecule has 0 aliphatic heterocycles. The van der Waals surface area contributed by atoms with E-state index >= 15 is 0 Å². The lowest BCUT2D eigenvalue weighted by molar-refractivity contribution is 0.464. The van der Waals surface area contributed by atoms with Gasteiger partial charge in [-0.15, -0.1) is 0 Å². The lowest BCUT2D eigenvalue weighted by Gasteiger charge is -2.29. The molecule has 1 aromatic heterocycles. The first-order valence-corrected chi connectivity index (χ1v) is 9.37. The second-order valence-electron chi connectivity index (χ2n) is 6.21. The Morgan fingerprint density at radius 1 is 1.38 bits per heavy atom. The van der Waals surface area contributed by atoms with E-state index in [0.29, 0.717) is 17.2 Å². The highest BCUT2D eigenvalue weighted by Gasteiger charge is 2.25. The molecule has 1 saturated carbocycles. The van der Waals surface area contributed by atoms with Crippen LogP contribution in [0.4, 0.5) is 5.82 Å². The van der Waals surface area contributed by atoms with E-state index in [2.05, 4.69) is 29.1 Å². The van der Waals surface area contributed by atoms with Crippen molar-refractivity contribution in [1.29, 1.82) is 0 Å². The Bertz CT molecular complexity index is 504. The van der Waals surface area contributed by atoms with Crippen LogP contribution in [0.3, 0.4) is 0 Å². The third-order valence-electron chi connectivity index (χ3n) is 4.02. The number of nitrogens with zero attached hydrogens (tertiary/aromatic N) is 2. The third kappa shape index (κ3) is 4.50. The smallest absolute Gasteiger partial charge is 0.133 e. The van der Waals surface area contributed by atoms with Crippen molar-refractivity contribution in [2.45, 2.75) is 70.6 Å². The van der Waals surface area contributed by atoms with Crippen LogP contribution < -0.4 is 5.32 Å². The summed E-state index contributed by atoms with van der Waals surface area (Å²) in [6.07, 6.45) is 4.37. The second-order valence-corrected chi connectivity index (χ2v) is 8.21. The molecule has 0 saturated heterocycles. The van der Waals surface area contributed by atoms with Gasteiger partial charge in [-0.1, -0.05) is 27.2 Å². The highest BCUT2D eigenvalue weighted by atomic mass is 32.2. The Balaban J connectivity index is 2.05. The van der Waals surface area contributed by atoms with Crippen LogP contribution in [0.1, 0.15) is 63.9 Å². The molecule has 1 aliphatic rings. The number of anilines is 1. The van der Waals surface area contributed by atoms with Crippen LogP contribution in [0, 0.1) is 6.92 Å². The minimum atomic E-state index is -0.681. The van der Waals surface area contributed by atoms with Crippen molar-refractivity contribution < 1.29 is 4.21 Å². The van der Waals surface area contributed by atoms with E-state index in [1.807, 2.05) is 19.9 Å². The Morgan fingerprint density at radius 3 is 2.81 bits per heavy atom. The number of rotatable bonds is 5. The summed E-state index contributed by atoms with van der Waals surface area (Å²) in [6, 6.07) is 2.39. The maximum atomic E-state index is 12.0. The molecule has 118 valence electrons. The summed E-state index contributed by atoms with van der Waals surface area (Å²) < 4.78 is 12.0. The fourth-order valence-corrected chi connectivity index (χ4v) is 4.23. The average molecular weight is 309 g/mol. The molecule has 1 heterocycles. The average Bonchev–Trinajstić information content (AvgIpc) is 2.46. The van der Waals surface area contributed by atoms with Gasteiger partial charge in [-0.3, -0.25) is 4.21 Å². The molecule has 1 N–H and O–H groups in total. The topological polar surface area (TPSA) is 54.9 Å². The van der Waals surface area contributed by atoms with Crippen LogP contribution >= 0.6 is 0 Å². The SMILES string of the molecule is CCS(=O)C1CCCC(Nc2cc(C)nc(C(C)C)n2)C1. The van der Waals surface area contributed by atoms with Gasteiger partial charge in [0.1, 0.15) is 11.6 Å². The Labute approximate surface area is 130 Å². The van der Waals surface area contributed by atoms with Crippen LogP contribution in [0.25, 0.3) is 0 Å². The van der Waals surface area contributed by atoms with Gasteiger partial charge in [-0.25, -0.2) is 9.97 Å². The normalized spacial score (nSPS) is 24.0. The standard InChI is InChI=1S/C16H27N3OS/c1-5-21(20)14-8-6-7-13(10-14)18-15-9-12(4)17-16(19-15)11(2)3/h9,11,13-14H,5-8,10H2,1-4H3,(H,17,18,19). The molecule has 0 bridgehead atoms. The zero-order valence-electron chi connectivity index (χ0n) is 13.6. The molecule has 0 amide bonds. The van der Waals surface area contributed by atoms with E-state index in [4.69, 9.17) is 0 Å². The molecule has 1 fully saturated rings. The molecule has 4 nitrogen and oxygen atoms in total. The van der Waals surface area contributed by atoms with Gasteiger partial charge in [0, 0.05) is 45.5 Å². The third-order valence-corrected chi connectivity index (χ3v) is 5.76. The zero-order chi connectivity index (χ0) is 15.4. The lowest BCUT2D eigenvalue weighted by atomic mass is 9.95. The quantitative estimate of drug-likeness (QED) is 0.905. The van der Waals surface area contributed by atoms with Crippen LogP contribution in [-0.2, 0) is 10.8 Å². The summed E-state index contributed by atoms with van der Waals surface area (Å²) in [6.45, 7) is 8.24. The monoisotopic (exact) mass is 309 g/mol. The van der Waals surface area contributed by atoms with E-state index in [1.165, 1.54) is 0 Å². The van der Waals surface area contributed by atoms with E-state index in [0.717, 1.165) is 48.8 Å². The number of nitrogens with one attached hydrogen (secondary N) is 1. The highest BCUT2D eigenvalue weighted by molar-refractivity contribution is 7.85. The van der Waals surface area contributed by atoms with E-state index in [-0.39, 0.29) is 0 Å². The zero-order valence-corrected chi connectivity index (χ0v) is 14.4. The molecule has 21 heavy (non-hydrogen) atoms. The van der Waals surface area contributed by atoms with Gasteiger partial charge >= 0.3 is 0 Å². The minimum absolute atomic E-state index is 0.331. The van der Waals surface area contributed by atoms with Gasteiger partial charge in [0.25, 0.3) is 0 Å². The van der Waals surface area contributed by atoms with Crippen molar-refractivity contribution in [1.82, 2.24) is 9.97 Å². The molecule has 3 unspecified atom stereocenters. The van der Waals surface area contributed by atoms with Crippen LogP contribution in [0.5, 0.6) is 0 Å². The van der Waals surface area contributed by atoms with Crippen LogP contribution in [0.2, 0.25) is 0 Å². The maximum absolute atomic E-state index is 12.0. The van der Waals surface area contributed by atoms with Crippen LogP contribution in [0.15, 0.2) is 6.07 Å². The molecule has 3 atom stereocenters. The van der Waals surface area contributed by atoms with Gasteiger partial charge in [-0.05, 0) is 26.2 Å². The molecule has 1 aliphatic carbocycles. The summed E-state index contributed by atoms with van der Waals surface area (Å²) in [5.41, 5.74) is 1.00. The molecule has 0 aromatic carbocycles. The number of aryl methyl sites for hydroxylation is 1. The first-order valence-electron chi connectivity index (χ1n) is 7.98. The summed E-state index contributed by atoms with van der Waals surface area (Å²) in [5, 5.41) is 3.88. The van der Waals surface area contributed by atoms with Crippen LogP contribution in [-0.4, -0.2) is 31.2 Å². The van der Waals surface area contributed by atoms with E-state index < -0.39 is 10.8 Å². The molecule has 2 rings (SSSR count). The van der Waals surface area contributed by atoms with Gasteiger partial charge in [0.2, 0.25) is 0 Å². The van der Waals surface area contributed by atoms with Gasteiger partial charge in [0.15, 0.2) is 0 Å².